The van der Waals surface area contributed by atoms with Crippen LogP contribution in [0.25, 0.3) is 0 Å². The first kappa shape index (κ1) is 31.2. The molecule has 214 valence electrons. The van der Waals surface area contributed by atoms with E-state index in [2.05, 4.69) is 0 Å². The molecule has 0 heterocycles. The third-order valence-corrected chi connectivity index (χ3v) is 7.28. The van der Waals surface area contributed by atoms with Gasteiger partial charge in [-0.05, 0) is 66.6 Å². The van der Waals surface area contributed by atoms with Crippen LogP contribution in [0.3, 0.4) is 0 Å². The van der Waals surface area contributed by atoms with Gasteiger partial charge < -0.3 is 9.47 Å². The summed E-state index contributed by atoms with van der Waals surface area (Å²) in [6.07, 6.45) is 0. The van der Waals surface area contributed by atoms with Crippen LogP contribution in [0.4, 0.5) is 0 Å². The Hall–Kier alpha value is -4.32. The fourth-order valence-electron chi connectivity index (χ4n) is 4.06. The maximum atomic E-state index is 12.7. The smallest absolute Gasteiger partial charge is 0.425 e. The van der Waals surface area contributed by atoms with Crippen molar-refractivity contribution in [3.8, 4) is 17.2 Å². The predicted molar refractivity (Wildman–Crippen MR) is 152 cm³/mol. The highest BCUT2D eigenvalue weighted by atomic mass is 32.2. The first-order valence-electron chi connectivity index (χ1n) is 12.1. The molecule has 0 aliphatic rings. The van der Waals surface area contributed by atoms with E-state index >= 15 is 0 Å². The molecule has 0 spiro atoms. The molecular formula is C30H28O9S2. The number of ketones is 1. The van der Waals surface area contributed by atoms with Crippen molar-refractivity contribution in [3.63, 3.8) is 0 Å². The van der Waals surface area contributed by atoms with E-state index < -0.39 is 26.1 Å². The van der Waals surface area contributed by atoms with Gasteiger partial charge in [-0.3, -0.25) is 9.35 Å². The molecule has 4 aromatic carbocycles. The Labute approximate surface area is 240 Å². The molecule has 0 amide bonds. The third kappa shape index (κ3) is 8.10. The topological polar surface area (TPSA) is 141 Å². The molecule has 0 radical (unpaired) electrons. The van der Waals surface area contributed by atoms with E-state index in [-0.39, 0.29) is 16.4 Å². The fourth-order valence-corrected chi connectivity index (χ4v) is 4.74. The molecule has 0 unspecified atom stereocenters. The monoisotopic (exact) mass is 596 g/mol. The Bertz CT molecular complexity index is 1740. The van der Waals surface area contributed by atoms with Gasteiger partial charge in [-0.25, -0.2) is 0 Å². The fraction of sp³-hybridized carbons (Fsp3) is 0.167. The van der Waals surface area contributed by atoms with Gasteiger partial charge in [0.1, 0.15) is 22.1 Å². The zero-order valence-electron chi connectivity index (χ0n) is 22.7. The number of carbonyl (C=O) groups is 1. The van der Waals surface area contributed by atoms with E-state index in [4.69, 9.17) is 22.1 Å². The molecule has 0 aromatic heterocycles. The molecule has 4 rings (SSSR count). The maximum absolute atomic E-state index is 12.7. The number of methoxy groups -OCH3 is 1. The molecule has 9 nitrogen and oxygen atoms in total. The number of hydrogen-bond acceptors (Lipinski definition) is 8. The summed E-state index contributed by atoms with van der Waals surface area (Å²) in [6.45, 7) is 5.90. The van der Waals surface area contributed by atoms with Crippen LogP contribution in [-0.4, -0.2) is 38.5 Å². The maximum Gasteiger partial charge on any atom is 0.425 e. The van der Waals surface area contributed by atoms with Crippen LogP contribution in [0.5, 0.6) is 17.2 Å². The lowest BCUT2D eigenvalue weighted by Crippen LogP contribution is -2.19. The first-order valence-corrected chi connectivity index (χ1v) is 14.6. The van der Waals surface area contributed by atoms with Gasteiger partial charge in [0.25, 0.3) is 10.1 Å². The van der Waals surface area contributed by atoms with Gasteiger partial charge in [-0.15, -0.1) is 12.6 Å². The molecule has 0 aliphatic heterocycles. The molecule has 11 heteroatoms. The van der Waals surface area contributed by atoms with Gasteiger partial charge in [0, 0.05) is 16.5 Å². The van der Waals surface area contributed by atoms with Crippen LogP contribution in [0.15, 0.2) is 95.9 Å². The summed E-state index contributed by atoms with van der Waals surface area (Å²) in [7, 11) is -6.21. The minimum absolute atomic E-state index is 0.0474. The van der Waals surface area contributed by atoms with E-state index in [1.165, 1.54) is 19.2 Å². The van der Waals surface area contributed by atoms with E-state index in [9.17, 15) is 17.8 Å². The SMILES string of the molecule is COc1ccc(C(C)(C)c2ccc(Oc3ccc(C(=O)c4ccc(C)cc4)cc3)cc2)cc1S(=O)(=O)O.O=S(=O)=O. The van der Waals surface area contributed by atoms with Gasteiger partial charge in [-0.1, -0.05) is 61.9 Å². The van der Waals surface area contributed by atoms with Crippen molar-refractivity contribution < 1.29 is 39.9 Å². The van der Waals surface area contributed by atoms with Crippen LogP contribution in [0, 0.1) is 6.92 Å². The average Bonchev–Trinajstić information content (AvgIpc) is 2.92. The van der Waals surface area contributed by atoms with E-state index in [1.54, 1.807) is 30.3 Å². The molecule has 0 aliphatic carbocycles. The molecule has 1 N–H and O–H groups in total. The quantitative estimate of drug-likeness (QED) is 0.203. The number of benzene rings is 4. The summed E-state index contributed by atoms with van der Waals surface area (Å²) in [5.74, 6) is 1.25. The predicted octanol–water partition coefficient (Wildman–Crippen LogP) is 5.60. The third-order valence-electron chi connectivity index (χ3n) is 6.41. The van der Waals surface area contributed by atoms with E-state index in [1.807, 2.05) is 69.3 Å². The molecule has 4 aromatic rings. The summed E-state index contributed by atoms with van der Waals surface area (Å²) in [5.41, 5.74) is 3.37. The Morgan fingerprint density at radius 2 is 1.20 bits per heavy atom. The van der Waals surface area contributed by atoms with Gasteiger partial charge in [0.05, 0.1) is 7.11 Å². The van der Waals surface area contributed by atoms with Gasteiger partial charge >= 0.3 is 10.6 Å². The van der Waals surface area contributed by atoms with Crippen molar-refractivity contribution >= 4 is 26.5 Å². The van der Waals surface area contributed by atoms with Crippen molar-refractivity contribution in [1.29, 1.82) is 0 Å². The highest BCUT2D eigenvalue weighted by Gasteiger charge is 2.27. The average molecular weight is 597 g/mol. The van der Waals surface area contributed by atoms with Crippen molar-refractivity contribution in [2.75, 3.05) is 7.11 Å². The van der Waals surface area contributed by atoms with Crippen LogP contribution in [0.2, 0.25) is 0 Å². The standard InChI is InChI=1S/C30H28O6S.O3S/c1-20-5-7-21(8-6-20)29(31)22-9-14-25(15-10-22)36-26-16-11-23(12-17-26)30(2,3)24-13-18-27(35-4)28(19-24)37(32,33)34;1-4(2)3/h5-19H,1-4H3,(H,32,33,34);. The van der Waals surface area contributed by atoms with Crippen molar-refractivity contribution in [1.82, 2.24) is 0 Å². The summed E-state index contributed by atoms with van der Waals surface area (Å²) in [6, 6.07) is 26.7. The van der Waals surface area contributed by atoms with Crippen molar-refractivity contribution in [3.05, 3.63) is 119 Å². The zero-order chi connectivity index (χ0) is 30.4. The highest BCUT2D eigenvalue weighted by Crippen LogP contribution is 2.36. The molecule has 0 bridgehead atoms. The lowest BCUT2D eigenvalue weighted by Gasteiger charge is -2.27. The normalized spacial score (nSPS) is 11.1. The zero-order valence-corrected chi connectivity index (χ0v) is 24.3. The number of rotatable bonds is 8. The Kier molecular flexibility index (Phi) is 9.82. The van der Waals surface area contributed by atoms with Gasteiger partial charge in [0.15, 0.2) is 5.78 Å². The van der Waals surface area contributed by atoms with E-state index in [0.29, 0.717) is 28.2 Å². The van der Waals surface area contributed by atoms with Crippen LogP contribution < -0.4 is 9.47 Å². The second kappa shape index (κ2) is 12.9. The second-order valence-electron chi connectivity index (χ2n) is 9.52. The summed E-state index contributed by atoms with van der Waals surface area (Å²) in [4.78, 5) is 12.4. The van der Waals surface area contributed by atoms with Gasteiger partial charge in [0.2, 0.25) is 0 Å². The molecule has 41 heavy (non-hydrogen) atoms. The Balaban J connectivity index is 0.00000108. The Morgan fingerprint density at radius 3 is 1.66 bits per heavy atom. The van der Waals surface area contributed by atoms with Crippen molar-refractivity contribution in [2.45, 2.75) is 31.1 Å². The van der Waals surface area contributed by atoms with Crippen molar-refractivity contribution in [2.24, 2.45) is 0 Å². The van der Waals surface area contributed by atoms with Crippen LogP contribution in [-0.2, 0) is 26.1 Å². The minimum atomic E-state index is -4.44. The second-order valence-corrected chi connectivity index (χ2v) is 11.3. The molecular weight excluding hydrogens is 568 g/mol. The molecule has 0 saturated heterocycles. The summed E-state index contributed by atoms with van der Waals surface area (Å²) in [5, 5.41) is 0. The van der Waals surface area contributed by atoms with Crippen LogP contribution in [0.1, 0.15) is 46.5 Å². The molecule has 0 atom stereocenters. The Morgan fingerprint density at radius 1 is 0.756 bits per heavy atom. The van der Waals surface area contributed by atoms with Gasteiger partial charge in [-0.2, -0.15) is 8.42 Å². The minimum Gasteiger partial charge on any atom is -0.495 e. The lowest BCUT2D eigenvalue weighted by molar-refractivity contribution is 0.103. The highest BCUT2D eigenvalue weighted by molar-refractivity contribution is 7.86. The summed E-state index contributed by atoms with van der Waals surface area (Å²) < 4.78 is 69.7. The number of hydrogen-bond donors (Lipinski definition) is 1. The molecule has 0 saturated carbocycles. The molecule has 0 fully saturated rings. The lowest BCUT2D eigenvalue weighted by atomic mass is 9.78. The van der Waals surface area contributed by atoms with Crippen LogP contribution >= 0.6 is 0 Å². The number of carbonyl (C=O) groups excluding carboxylic acids is 1. The number of ether oxygens (including phenoxy) is 2. The first-order chi connectivity index (χ1) is 19.2. The van der Waals surface area contributed by atoms with E-state index in [0.717, 1.165) is 11.1 Å². The number of aryl methyl sites for hydroxylation is 1. The largest absolute Gasteiger partial charge is 0.495 e. The summed E-state index contributed by atoms with van der Waals surface area (Å²) >= 11 is 0.